The maximum atomic E-state index is 13.6. The van der Waals surface area contributed by atoms with Crippen molar-refractivity contribution in [1.82, 2.24) is 9.71 Å². The van der Waals surface area contributed by atoms with Gasteiger partial charge in [0.15, 0.2) is 5.82 Å². The van der Waals surface area contributed by atoms with Crippen molar-refractivity contribution in [2.75, 3.05) is 0 Å². The second-order valence-electron chi connectivity index (χ2n) is 4.28. The van der Waals surface area contributed by atoms with Crippen LogP contribution >= 0.6 is 0 Å². The Hall–Kier alpha value is -1.79. The molecule has 1 N–H and O–H groups in total. The molecule has 0 amide bonds. The number of benzene rings is 1. The monoisotopic (exact) mass is 294 g/mol. The van der Waals surface area contributed by atoms with Gasteiger partial charge in [-0.05, 0) is 24.1 Å². The van der Waals surface area contributed by atoms with Crippen LogP contribution in [-0.2, 0) is 10.0 Å². The van der Waals surface area contributed by atoms with Gasteiger partial charge in [-0.1, -0.05) is 37.3 Å². The summed E-state index contributed by atoms with van der Waals surface area (Å²) in [5.41, 5.74) is 0.829. The van der Waals surface area contributed by atoms with E-state index in [1.165, 1.54) is 12.3 Å². The Bertz CT molecular complexity index is 675. The van der Waals surface area contributed by atoms with E-state index in [2.05, 4.69) is 9.71 Å². The summed E-state index contributed by atoms with van der Waals surface area (Å²) in [4.78, 5) is 3.61. The van der Waals surface area contributed by atoms with Crippen molar-refractivity contribution in [3.8, 4) is 0 Å². The predicted molar refractivity (Wildman–Crippen MR) is 74.0 cm³/mol. The van der Waals surface area contributed by atoms with Crippen molar-refractivity contribution in [2.45, 2.75) is 24.4 Å². The number of aromatic nitrogens is 1. The second-order valence-corrected chi connectivity index (χ2v) is 5.91. The molecule has 0 aliphatic rings. The van der Waals surface area contributed by atoms with Crippen molar-refractivity contribution in [3.63, 3.8) is 0 Å². The first-order valence-corrected chi connectivity index (χ1v) is 7.70. The highest BCUT2D eigenvalue weighted by atomic mass is 32.2. The smallest absolute Gasteiger partial charge is 0.241 e. The van der Waals surface area contributed by atoms with E-state index >= 15 is 0 Å². The lowest BCUT2D eigenvalue weighted by Crippen LogP contribution is -2.29. The highest BCUT2D eigenvalue weighted by Gasteiger charge is 2.24. The first kappa shape index (κ1) is 14.6. The predicted octanol–water partition coefficient (Wildman–Crippen LogP) is 2.65. The minimum atomic E-state index is -3.99. The summed E-state index contributed by atoms with van der Waals surface area (Å²) in [6, 6.07) is 11.2. The van der Waals surface area contributed by atoms with Crippen LogP contribution < -0.4 is 4.72 Å². The number of nitrogens with zero attached hydrogens (tertiary/aromatic N) is 1. The van der Waals surface area contributed by atoms with Crippen LogP contribution in [0.2, 0.25) is 0 Å². The fourth-order valence-corrected chi connectivity index (χ4v) is 3.20. The van der Waals surface area contributed by atoms with Crippen molar-refractivity contribution in [2.24, 2.45) is 0 Å². The third-order valence-electron chi connectivity index (χ3n) is 2.89. The van der Waals surface area contributed by atoms with Crippen LogP contribution in [0.5, 0.6) is 0 Å². The number of halogens is 1. The summed E-state index contributed by atoms with van der Waals surface area (Å²) >= 11 is 0. The molecule has 20 heavy (non-hydrogen) atoms. The molecule has 2 aromatic rings. The Balaban J connectivity index is 2.30. The highest BCUT2D eigenvalue weighted by molar-refractivity contribution is 7.89. The third-order valence-corrected chi connectivity index (χ3v) is 4.29. The molecule has 6 heteroatoms. The van der Waals surface area contributed by atoms with Crippen LogP contribution in [0.1, 0.15) is 24.9 Å². The van der Waals surface area contributed by atoms with Gasteiger partial charge in [-0.3, -0.25) is 0 Å². The third kappa shape index (κ3) is 3.20. The lowest BCUT2D eigenvalue weighted by molar-refractivity contribution is 0.526. The number of sulfonamides is 1. The van der Waals surface area contributed by atoms with E-state index in [4.69, 9.17) is 0 Å². The van der Waals surface area contributed by atoms with Crippen LogP contribution in [0.15, 0.2) is 53.7 Å². The van der Waals surface area contributed by atoms with Gasteiger partial charge in [-0.2, -0.15) is 0 Å². The van der Waals surface area contributed by atoms with Crippen molar-refractivity contribution < 1.29 is 12.8 Å². The summed E-state index contributed by atoms with van der Waals surface area (Å²) < 4.78 is 40.4. The molecule has 0 fully saturated rings. The zero-order valence-corrected chi connectivity index (χ0v) is 11.8. The maximum absolute atomic E-state index is 13.6. The van der Waals surface area contributed by atoms with Gasteiger partial charge in [0.05, 0.1) is 0 Å². The topological polar surface area (TPSA) is 59.1 Å². The Labute approximate surface area is 117 Å². The quantitative estimate of drug-likeness (QED) is 0.922. The van der Waals surface area contributed by atoms with Crippen LogP contribution in [0.25, 0.3) is 0 Å². The van der Waals surface area contributed by atoms with Gasteiger partial charge in [-0.25, -0.2) is 22.5 Å². The Kier molecular flexibility index (Phi) is 4.46. The van der Waals surface area contributed by atoms with E-state index in [1.54, 1.807) is 0 Å². The molecular formula is C14H15FN2O2S. The lowest BCUT2D eigenvalue weighted by atomic mass is 10.1. The fraction of sp³-hybridized carbons (Fsp3) is 0.214. The largest absolute Gasteiger partial charge is 0.261 e. The Morgan fingerprint density at radius 2 is 1.90 bits per heavy atom. The van der Waals surface area contributed by atoms with E-state index in [0.717, 1.165) is 11.6 Å². The van der Waals surface area contributed by atoms with E-state index in [0.29, 0.717) is 6.42 Å². The van der Waals surface area contributed by atoms with E-state index in [9.17, 15) is 12.8 Å². The molecule has 1 atom stereocenters. The molecule has 1 aromatic carbocycles. The van der Waals surface area contributed by atoms with Crippen molar-refractivity contribution in [3.05, 3.63) is 60.0 Å². The van der Waals surface area contributed by atoms with Crippen LogP contribution in [0.3, 0.4) is 0 Å². The van der Waals surface area contributed by atoms with E-state index in [-0.39, 0.29) is 0 Å². The molecule has 1 unspecified atom stereocenters. The maximum Gasteiger partial charge on any atom is 0.261 e. The first-order chi connectivity index (χ1) is 9.54. The van der Waals surface area contributed by atoms with Crippen molar-refractivity contribution >= 4 is 10.0 Å². The zero-order valence-electron chi connectivity index (χ0n) is 11.0. The molecule has 0 spiro atoms. The average Bonchev–Trinajstić information content (AvgIpc) is 2.46. The summed E-state index contributed by atoms with van der Waals surface area (Å²) in [6.45, 7) is 1.86. The molecule has 0 radical (unpaired) electrons. The van der Waals surface area contributed by atoms with Gasteiger partial charge in [0.25, 0.3) is 10.0 Å². The van der Waals surface area contributed by atoms with Gasteiger partial charge in [-0.15, -0.1) is 0 Å². The average molecular weight is 294 g/mol. The van der Waals surface area contributed by atoms with Crippen LogP contribution in [0.4, 0.5) is 4.39 Å². The number of rotatable bonds is 5. The molecule has 106 valence electrons. The molecule has 1 heterocycles. The first-order valence-electron chi connectivity index (χ1n) is 6.22. The van der Waals surface area contributed by atoms with E-state index in [1.807, 2.05) is 37.3 Å². The minimum Gasteiger partial charge on any atom is -0.241 e. The molecule has 1 aromatic heterocycles. The molecule has 0 aliphatic carbocycles. The molecule has 0 aliphatic heterocycles. The molecular weight excluding hydrogens is 279 g/mol. The number of hydrogen-bond acceptors (Lipinski definition) is 3. The normalized spacial score (nSPS) is 13.1. The van der Waals surface area contributed by atoms with Gasteiger partial charge in [0, 0.05) is 12.2 Å². The lowest BCUT2D eigenvalue weighted by Gasteiger charge is -2.17. The second kappa shape index (κ2) is 6.11. The molecule has 0 saturated carbocycles. The Morgan fingerprint density at radius 3 is 2.50 bits per heavy atom. The summed E-state index contributed by atoms with van der Waals surface area (Å²) in [7, 11) is -3.99. The van der Waals surface area contributed by atoms with Gasteiger partial charge in [0.2, 0.25) is 5.03 Å². The number of pyridine rings is 1. The summed E-state index contributed by atoms with van der Waals surface area (Å²) in [5.74, 6) is -0.858. The van der Waals surface area contributed by atoms with Gasteiger partial charge in [0.1, 0.15) is 0 Å². The number of hydrogen-bond donors (Lipinski definition) is 1. The molecule has 4 nitrogen and oxygen atoms in total. The minimum absolute atomic E-state index is 0.414. The standard InChI is InChI=1S/C14H15FN2O2S/c1-2-13(11-7-4-3-5-8-11)17-20(18,19)14-12(15)9-6-10-16-14/h3-10,13,17H,2H2,1H3. The SMILES string of the molecule is CCC(NS(=O)(=O)c1ncccc1F)c1ccccc1. The highest BCUT2D eigenvalue weighted by Crippen LogP contribution is 2.20. The van der Waals surface area contributed by atoms with Crippen LogP contribution in [0, 0.1) is 5.82 Å². The summed E-state index contributed by atoms with van der Waals surface area (Å²) in [6.07, 6.45) is 1.80. The zero-order chi connectivity index (χ0) is 14.6. The van der Waals surface area contributed by atoms with Gasteiger partial charge < -0.3 is 0 Å². The number of nitrogens with one attached hydrogen (secondary N) is 1. The van der Waals surface area contributed by atoms with Gasteiger partial charge >= 0.3 is 0 Å². The molecule has 0 bridgehead atoms. The van der Waals surface area contributed by atoms with Crippen molar-refractivity contribution in [1.29, 1.82) is 0 Å². The fourth-order valence-electron chi connectivity index (χ4n) is 1.88. The summed E-state index contributed by atoms with van der Waals surface area (Å²) in [5, 5.41) is -0.575. The molecule has 0 saturated heterocycles. The Morgan fingerprint density at radius 1 is 1.20 bits per heavy atom. The van der Waals surface area contributed by atoms with E-state index < -0.39 is 26.9 Å². The molecule has 2 rings (SSSR count). The van der Waals surface area contributed by atoms with Crippen LogP contribution in [-0.4, -0.2) is 13.4 Å².